The van der Waals surface area contributed by atoms with Crippen LogP contribution in [-0.2, 0) is 7.05 Å². The van der Waals surface area contributed by atoms with Gasteiger partial charge in [-0.3, -0.25) is 4.79 Å². The standard InChI is InChI=1S/C13H22N4O.ClH/c1-17-9-15-8-12(17)13(18)16-11(7-14)10-5-3-2-4-6-10;/h8-11H,2-7,14H2,1H3,(H,16,18);1H. The van der Waals surface area contributed by atoms with Gasteiger partial charge in [-0.2, -0.15) is 0 Å². The Morgan fingerprint density at radius 1 is 1.53 bits per heavy atom. The highest BCUT2D eigenvalue weighted by atomic mass is 35.5. The molecule has 1 atom stereocenters. The normalized spacial score (nSPS) is 17.6. The molecule has 1 heterocycles. The molecule has 1 fully saturated rings. The number of amides is 1. The third kappa shape index (κ3) is 3.94. The summed E-state index contributed by atoms with van der Waals surface area (Å²) in [7, 11) is 1.82. The van der Waals surface area contributed by atoms with Crippen molar-refractivity contribution < 1.29 is 4.79 Å². The number of aromatic nitrogens is 2. The molecule has 0 radical (unpaired) electrons. The van der Waals surface area contributed by atoms with Crippen LogP contribution in [0.2, 0.25) is 0 Å². The van der Waals surface area contributed by atoms with Crippen LogP contribution in [0.25, 0.3) is 0 Å². The lowest BCUT2D eigenvalue weighted by Gasteiger charge is -2.30. The van der Waals surface area contributed by atoms with Crippen molar-refractivity contribution in [2.75, 3.05) is 6.54 Å². The summed E-state index contributed by atoms with van der Waals surface area (Å²) < 4.78 is 1.73. The molecule has 19 heavy (non-hydrogen) atoms. The number of halogens is 1. The van der Waals surface area contributed by atoms with Gasteiger partial charge in [0.25, 0.3) is 5.91 Å². The molecular weight excluding hydrogens is 264 g/mol. The molecule has 1 aromatic heterocycles. The van der Waals surface area contributed by atoms with Crippen LogP contribution in [0.4, 0.5) is 0 Å². The predicted octanol–water partition coefficient (Wildman–Crippen LogP) is 1.48. The van der Waals surface area contributed by atoms with Crippen LogP contribution < -0.4 is 11.1 Å². The molecule has 108 valence electrons. The predicted molar refractivity (Wildman–Crippen MR) is 77.3 cm³/mol. The molecule has 1 aliphatic carbocycles. The van der Waals surface area contributed by atoms with E-state index in [1.165, 1.54) is 32.1 Å². The monoisotopic (exact) mass is 286 g/mol. The summed E-state index contributed by atoms with van der Waals surface area (Å²) in [5.74, 6) is 0.456. The van der Waals surface area contributed by atoms with Gasteiger partial charge in [0, 0.05) is 19.6 Å². The summed E-state index contributed by atoms with van der Waals surface area (Å²) >= 11 is 0. The fourth-order valence-electron chi connectivity index (χ4n) is 2.72. The van der Waals surface area contributed by atoms with Gasteiger partial charge >= 0.3 is 0 Å². The lowest BCUT2D eigenvalue weighted by atomic mass is 9.84. The van der Waals surface area contributed by atoms with Crippen molar-refractivity contribution in [3.05, 3.63) is 18.2 Å². The molecule has 1 amide bonds. The zero-order chi connectivity index (χ0) is 13.0. The van der Waals surface area contributed by atoms with Gasteiger partial charge in [0.15, 0.2) is 0 Å². The first-order valence-corrected chi connectivity index (χ1v) is 6.69. The number of carbonyl (C=O) groups excluding carboxylic acids is 1. The minimum atomic E-state index is -0.0731. The Bertz CT molecular complexity index is 401. The summed E-state index contributed by atoms with van der Waals surface area (Å²) in [6, 6.07) is 0.0905. The van der Waals surface area contributed by atoms with E-state index in [4.69, 9.17) is 5.73 Å². The number of carbonyl (C=O) groups is 1. The number of nitrogens with two attached hydrogens (primary N) is 1. The first-order valence-electron chi connectivity index (χ1n) is 6.69. The van der Waals surface area contributed by atoms with Gasteiger partial charge in [-0.1, -0.05) is 19.3 Å². The van der Waals surface area contributed by atoms with Gasteiger partial charge in [-0.15, -0.1) is 12.4 Å². The van der Waals surface area contributed by atoms with Crippen LogP contribution in [0.1, 0.15) is 42.6 Å². The van der Waals surface area contributed by atoms with Crippen molar-refractivity contribution in [2.45, 2.75) is 38.1 Å². The van der Waals surface area contributed by atoms with Gasteiger partial charge in [0.1, 0.15) is 5.69 Å². The van der Waals surface area contributed by atoms with E-state index in [0.29, 0.717) is 18.2 Å². The summed E-state index contributed by atoms with van der Waals surface area (Å²) in [5.41, 5.74) is 6.39. The maximum absolute atomic E-state index is 12.1. The second kappa shape index (κ2) is 7.50. The molecule has 5 nitrogen and oxygen atoms in total. The Labute approximate surface area is 120 Å². The van der Waals surface area contributed by atoms with Crippen LogP contribution in [0.15, 0.2) is 12.5 Å². The zero-order valence-electron chi connectivity index (χ0n) is 11.3. The third-order valence-electron chi connectivity index (χ3n) is 3.84. The van der Waals surface area contributed by atoms with Crippen LogP contribution in [0.5, 0.6) is 0 Å². The smallest absolute Gasteiger partial charge is 0.269 e. The maximum Gasteiger partial charge on any atom is 0.269 e. The van der Waals surface area contributed by atoms with E-state index >= 15 is 0 Å². The van der Waals surface area contributed by atoms with Crippen LogP contribution in [-0.4, -0.2) is 28.0 Å². The maximum atomic E-state index is 12.1. The molecule has 0 bridgehead atoms. The van der Waals surface area contributed by atoms with E-state index in [9.17, 15) is 4.79 Å². The first-order chi connectivity index (χ1) is 8.72. The topological polar surface area (TPSA) is 72.9 Å². The number of rotatable bonds is 4. The van der Waals surface area contributed by atoms with E-state index in [0.717, 1.165) is 0 Å². The molecule has 2 rings (SSSR count). The molecule has 0 saturated heterocycles. The van der Waals surface area contributed by atoms with E-state index in [-0.39, 0.29) is 24.4 Å². The van der Waals surface area contributed by atoms with Crippen LogP contribution >= 0.6 is 12.4 Å². The number of nitrogens with zero attached hydrogens (tertiary/aromatic N) is 2. The summed E-state index contributed by atoms with van der Waals surface area (Å²) in [5, 5.41) is 3.05. The van der Waals surface area contributed by atoms with Crippen LogP contribution in [0, 0.1) is 5.92 Å². The van der Waals surface area contributed by atoms with Gasteiger partial charge in [-0.05, 0) is 18.8 Å². The molecule has 6 heteroatoms. The minimum Gasteiger partial charge on any atom is -0.346 e. The third-order valence-corrected chi connectivity index (χ3v) is 3.84. The van der Waals surface area contributed by atoms with Gasteiger partial charge in [-0.25, -0.2) is 4.98 Å². The summed E-state index contributed by atoms with van der Waals surface area (Å²) in [4.78, 5) is 16.1. The van der Waals surface area contributed by atoms with E-state index in [2.05, 4.69) is 10.3 Å². The Morgan fingerprint density at radius 2 is 2.21 bits per heavy atom. The quantitative estimate of drug-likeness (QED) is 0.880. The second-order valence-electron chi connectivity index (χ2n) is 5.10. The van der Waals surface area contributed by atoms with Gasteiger partial charge in [0.05, 0.1) is 12.5 Å². The van der Waals surface area contributed by atoms with Gasteiger partial charge < -0.3 is 15.6 Å². The fourth-order valence-corrected chi connectivity index (χ4v) is 2.72. The highest BCUT2D eigenvalue weighted by Crippen LogP contribution is 2.26. The van der Waals surface area contributed by atoms with E-state index in [1.54, 1.807) is 17.1 Å². The Hall–Kier alpha value is -1.07. The number of imidazole rings is 1. The Kier molecular flexibility index (Phi) is 6.31. The molecule has 0 aromatic carbocycles. The molecule has 3 N–H and O–H groups in total. The molecule has 1 aromatic rings. The average Bonchev–Trinajstić information content (AvgIpc) is 2.83. The van der Waals surface area contributed by atoms with Crippen molar-refractivity contribution in [3.8, 4) is 0 Å². The number of nitrogens with one attached hydrogen (secondary N) is 1. The average molecular weight is 287 g/mol. The van der Waals surface area contributed by atoms with Crippen molar-refractivity contribution in [1.82, 2.24) is 14.9 Å². The fraction of sp³-hybridized carbons (Fsp3) is 0.692. The molecule has 1 unspecified atom stereocenters. The van der Waals surface area contributed by atoms with Crippen molar-refractivity contribution >= 4 is 18.3 Å². The molecule has 0 spiro atoms. The largest absolute Gasteiger partial charge is 0.346 e. The van der Waals surface area contributed by atoms with Crippen LogP contribution in [0.3, 0.4) is 0 Å². The zero-order valence-corrected chi connectivity index (χ0v) is 12.2. The van der Waals surface area contributed by atoms with Crippen molar-refractivity contribution in [1.29, 1.82) is 0 Å². The van der Waals surface area contributed by atoms with E-state index in [1.807, 2.05) is 7.05 Å². The lowest BCUT2D eigenvalue weighted by Crippen LogP contribution is -2.46. The van der Waals surface area contributed by atoms with Crippen molar-refractivity contribution in [2.24, 2.45) is 18.7 Å². The number of hydrogen-bond acceptors (Lipinski definition) is 3. The SMILES string of the molecule is Cl.Cn1cncc1C(=O)NC(CN)C1CCCCC1. The molecule has 0 aliphatic heterocycles. The number of aryl methyl sites for hydroxylation is 1. The minimum absolute atomic E-state index is 0. The second-order valence-corrected chi connectivity index (χ2v) is 5.10. The highest BCUT2D eigenvalue weighted by Gasteiger charge is 2.24. The van der Waals surface area contributed by atoms with Crippen molar-refractivity contribution in [3.63, 3.8) is 0 Å². The number of hydrogen-bond donors (Lipinski definition) is 2. The van der Waals surface area contributed by atoms with E-state index < -0.39 is 0 Å². The summed E-state index contributed by atoms with van der Waals surface area (Å²) in [6.07, 6.45) is 9.38. The Balaban J connectivity index is 0.00000180. The highest BCUT2D eigenvalue weighted by molar-refractivity contribution is 5.92. The molecular formula is C13H23ClN4O. The summed E-state index contributed by atoms with van der Waals surface area (Å²) in [6.45, 7) is 0.508. The molecule has 1 saturated carbocycles. The first kappa shape index (κ1) is 16.0. The Morgan fingerprint density at radius 3 is 2.74 bits per heavy atom. The van der Waals surface area contributed by atoms with Gasteiger partial charge in [0.2, 0.25) is 0 Å². The lowest BCUT2D eigenvalue weighted by molar-refractivity contribution is 0.0907. The molecule has 1 aliphatic rings.